The summed E-state index contributed by atoms with van der Waals surface area (Å²) in [5.41, 5.74) is 16.2. The fraction of sp³-hybridized carbons (Fsp3) is 0.257. The molecule has 0 bridgehead atoms. The third-order valence-electron chi connectivity index (χ3n) is 8.56. The van der Waals surface area contributed by atoms with E-state index in [1.165, 1.54) is 0 Å². The Bertz CT molecular complexity index is 1940. The molecule has 0 aliphatic carbocycles. The fourth-order valence-corrected chi connectivity index (χ4v) is 6.51. The molecule has 2 aliphatic heterocycles. The zero-order valence-electron chi connectivity index (χ0n) is 24.2. The minimum Gasteiger partial charge on any atom is -0.369 e. The highest BCUT2D eigenvalue weighted by Gasteiger charge is 2.34. The molecule has 212 valence electrons. The Balaban J connectivity index is 1.37. The molecule has 7 rings (SSSR count). The van der Waals surface area contributed by atoms with Gasteiger partial charge in [-0.05, 0) is 79.3 Å². The van der Waals surface area contributed by atoms with Gasteiger partial charge < -0.3 is 25.1 Å². The monoisotopic (exact) mass is 559 g/mol. The van der Waals surface area contributed by atoms with E-state index in [1.807, 2.05) is 56.0 Å². The van der Waals surface area contributed by atoms with Gasteiger partial charge >= 0.3 is 0 Å². The predicted octanol–water partition coefficient (Wildman–Crippen LogP) is 6.62. The van der Waals surface area contributed by atoms with Gasteiger partial charge in [0.05, 0.1) is 25.1 Å². The highest BCUT2D eigenvalue weighted by Crippen LogP contribution is 2.42. The number of benzene rings is 4. The normalized spacial score (nSPS) is 17.9. The van der Waals surface area contributed by atoms with Crippen LogP contribution in [0.3, 0.4) is 0 Å². The lowest BCUT2D eigenvalue weighted by molar-refractivity contribution is -0.139. The van der Waals surface area contributed by atoms with Gasteiger partial charge in [0.15, 0.2) is 5.79 Å². The third kappa shape index (κ3) is 4.28. The number of aryl methyl sites for hydroxylation is 1. The molecule has 1 aromatic heterocycles. The second-order valence-corrected chi connectivity index (χ2v) is 11.9. The lowest BCUT2D eigenvalue weighted by atomic mass is 9.92. The average Bonchev–Trinajstić information content (AvgIpc) is 3.61. The number of primary amides is 1. The maximum Gasteiger partial charge on any atom is 0.258 e. The van der Waals surface area contributed by atoms with Crippen molar-refractivity contribution in [2.45, 2.75) is 52.6 Å². The average molecular weight is 560 g/mol. The van der Waals surface area contributed by atoms with Crippen LogP contribution in [-0.4, -0.2) is 29.2 Å². The van der Waals surface area contributed by atoms with E-state index in [1.54, 1.807) is 0 Å². The van der Waals surface area contributed by atoms with E-state index in [0.29, 0.717) is 13.2 Å². The summed E-state index contributed by atoms with van der Waals surface area (Å²) in [4.78, 5) is 30.9. The number of hydrogen-bond donors (Lipinski definition) is 2. The van der Waals surface area contributed by atoms with E-state index in [4.69, 9.17) is 15.2 Å². The van der Waals surface area contributed by atoms with Gasteiger partial charge in [-0.15, -0.1) is 0 Å². The standard InChI is InChI=1S/C35H33N3O4/c1-19-8-9-23-17-38(34(40)27(23)14-19)29-7-5-6-24(20(29)2)25-12-11-22(16-31(36)39)33-32(25)26-13-10-21(15-28(26)37-33)30-18-41-35(3,4)42-30/h5-15,30,37H,16-18H2,1-4H3,(H2,36,39). The first-order chi connectivity index (χ1) is 20.1. The van der Waals surface area contributed by atoms with Gasteiger partial charge in [-0.3, -0.25) is 9.59 Å². The van der Waals surface area contributed by atoms with Gasteiger partial charge in [0.2, 0.25) is 5.91 Å². The number of fused-ring (bicyclic) bond motifs is 4. The lowest BCUT2D eigenvalue weighted by Gasteiger charge is -2.21. The molecule has 4 aromatic carbocycles. The maximum absolute atomic E-state index is 13.5. The fourth-order valence-electron chi connectivity index (χ4n) is 6.51. The SMILES string of the molecule is Cc1ccc2c(c1)C(=O)N(c1cccc(-c3ccc(CC(N)=O)c4[nH]c5cc(C6COC(C)(C)O6)ccc5c34)c1C)C2. The summed E-state index contributed by atoms with van der Waals surface area (Å²) in [5, 5.41) is 2.06. The lowest BCUT2D eigenvalue weighted by Crippen LogP contribution is -2.24. The first-order valence-corrected chi connectivity index (χ1v) is 14.3. The van der Waals surface area contributed by atoms with Crippen LogP contribution in [0, 0.1) is 13.8 Å². The van der Waals surface area contributed by atoms with E-state index in [0.717, 1.165) is 72.0 Å². The molecule has 0 saturated carbocycles. The minimum absolute atomic E-state index is 0.0248. The van der Waals surface area contributed by atoms with Crippen LogP contribution in [0.4, 0.5) is 5.69 Å². The number of rotatable bonds is 5. The first-order valence-electron chi connectivity index (χ1n) is 14.3. The molecule has 1 unspecified atom stereocenters. The van der Waals surface area contributed by atoms with Crippen LogP contribution in [0.1, 0.15) is 58.1 Å². The number of amides is 2. The summed E-state index contributed by atoms with van der Waals surface area (Å²) in [6.45, 7) is 8.95. The Morgan fingerprint density at radius 1 is 1.02 bits per heavy atom. The van der Waals surface area contributed by atoms with Crippen molar-refractivity contribution in [1.82, 2.24) is 4.98 Å². The van der Waals surface area contributed by atoms with Crippen molar-refractivity contribution in [3.05, 3.63) is 100 Å². The summed E-state index contributed by atoms with van der Waals surface area (Å²) in [6.07, 6.45) is -0.0337. The maximum atomic E-state index is 13.5. The Kier molecular flexibility index (Phi) is 6.01. The van der Waals surface area contributed by atoms with Crippen LogP contribution < -0.4 is 10.6 Å². The number of ether oxygens (including phenoxy) is 2. The summed E-state index contributed by atoms with van der Waals surface area (Å²) < 4.78 is 11.9. The number of nitrogens with zero attached hydrogens (tertiary/aromatic N) is 1. The number of nitrogens with one attached hydrogen (secondary N) is 1. The van der Waals surface area contributed by atoms with E-state index in [2.05, 4.69) is 48.3 Å². The van der Waals surface area contributed by atoms with Crippen molar-refractivity contribution in [2.24, 2.45) is 5.73 Å². The summed E-state index contributed by atoms with van der Waals surface area (Å²) in [6, 6.07) is 22.5. The number of anilines is 1. The van der Waals surface area contributed by atoms with Crippen molar-refractivity contribution in [1.29, 1.82) is 0 Å². The smallest absolute Gasteiger partial charge is 0.258 e. The largest absolute Gasteiger partial charge is 0.369 e. The van der Waals surface area contributed by atoms with Crippen LogP contribution in [0.2, 0.25) is 0 Å². The number of aromatic nitrogens is 1. The van der Waals surface area contributed by atoms with E-state index in [-0.39, 0.29) is 24.3 Å². The number of H-pyrrole nitrogens is 1. The van der Waals surface area contributed by atoms with Gasteiger partial charge in [0.1, 0.15) is 6.10 Å². The molecular formula is C35H33N3O4. The highest BCUT2D eigenvalue weighted by atomic mass is 16.7. The summed E-state index contributed by atoms with van der Waals surface area (Å²) in [5.74, 6) is -0.985. The minimum atomic E-state index is -0.624. The van der Waals surface area contributed by atoms with Crippen LogP contribution >= 0.6 is 0 Å². The molecule has 0 spiro atoms. The summed E-state index contributed by atoms with van der Waals surface area (Å²) in [7, 11) is 0. The van der Waals surface area contributed by atoms with Gasteiger partial charge in [0.25, 0.3) is 5.91 Å². The van der Waals surface area contributed by atoms with Crippen molar-refractivity contribution >= 4 is 39.3 Å². The molecule has 1 saturated heterocycles. The molecule has 3 N–H and O–H groups in total. The summed E-state index contributed by atoms with van der Waals surface area (Å²) >= 11 is 0. The van der Waals surface area contributed by atoms with Gasteiger partial charge in [0, 0.05) is 27.5 Å². The van der Waals surface area contributed by atoms with E-state index >= 15 is 0 Å². The third-order valence-corrected chi connectivity index (χ3v) is 8.56. The molecule has 5 aromatic rings. The number of nitrogens with two attached hydrogens (primary N) is 1. The number of aromatic amines is 1. The first kappa shape index (κ1) is 26.4. The quantitative estimate of drug-likeness (QED) is 0.253. The molecule has 7 nitrogen and oxygen atoms in total. The number of hydrogen-bond acceptors (Lipinski definition) is 4. The Morgan fingerprint density at radius 3 is 2.62 bits per heavy atom. The molecule has 1 atom stereocenters. The van der Waals surface area contributed by atoms with Crippen LogP contribution in [0.25, 0.3) is 32.9 Å². The Morgan fingerprint density at radius 2 is 1.86 bits per heavy atom. The zero-order chi connectivity index (χ0) is 29.3. The topological polar surface area (TPSA) is 97.7 Å². The molecule has 7 heteroatoms. The van der Waals surface area contributed by atoms with E-state index < -0.39 is 5.79 Å². The van der Waals surface area contributed by atoms with Gasteiger partial charge in [-0.2, -0.15) is 0 Å². The molecular weight excluding hydrogens is 526 g/mol. The molecule has 42 heavy (non-hydrogen) atoms. The van der Waals surface area contributed by atoms with Crippen LogP contribution in [0.5, 0.6) is 0 Å². The molecule has 0 radical (unpaired) electrons. The highest BCUT2D eigenvalue weighted by molar-refractivity contribution is 6.16. The molecule has 2 aliphatic rings. The van der Waals surface area contributed by atoms with Gasteiger partial charge in [-0.1, -0.05) is 54.1 Å². The zero-order valence-corrected chi connectivity index (χ0v) is 24.2. The van der Waals surface area contributed by atoms with Crippen LogP contribution in [-0.2, 0) is 27.2 Å². The Labute approximate surface area is 244 Å². The molecule has 2 amide bonds. The number of carbonyl (C=O) groups excluding carboxylic acids is 2. The van der Waals surface area contributed by atoms with E-state index in [9.17, 15) is 9.59 Å². The predicted molar refractivity (Wildman–Crippen MR) is 164 cm³/mol. The van der Waals surface area contributed by atoms with Crippen molar-refractivity contribution in [3.63, 3.8) is 0 Å². The second-order valence-electron chi connectivity index (χ2n) is 11.9. The molecule has 3 heterocycles. The Hall–Kier alpha value is -4.46. The van der Waals surface area contributed by atoms with Crippen molar-refractivity contribution in [3.8, 4) is 11.1 Å². The second kappa shape index (κ2) is 9.54. The number of carbonyl (C=O) groups is 2. The van der Waals surface area contributed by atoms with Crippen molar-refractivity contribution in [2.75, 3.05) is 11.5 Å². The van der Waals surface area contributed by atoms with Crippen LogP contribution in [0.15, 0.2) is 66.7 Å². The molecule has 1 fully saturated rings. The van der Waals surface area contributed by atoms with Crippen molar-refractivity contribution < 1.29 is 19.1 Å². The van der Waals surface area contributed by atoms with Gasteiger partial charge in [-0.25, -0.2) is 0 Å².